The van der Waals surface area contributed by atoms with Gasteiger partial charge in [0.15, 0.2) is 0 Å². The van der Waals surface area contributed by atoms with Crippen LogP contribution in [0.2, 0.25) is 5.02 Å². The van der Waals surface area contributed by atoms with Gasteiger partial charge in [-0.1, -0.05) is 11.6 Å². The standard InChI is InChI=1S/C19H13ClN2O4/c20-14-3-9-17(10-4-14)26-18-11-5-15(6-12-18)21-19(23)13-1-7-16(8-2-13)22(24)25/h1-12H,(H,21,23). The number of nitrogens with zero attached hydrogens (tertiary/aromatic N) is 1. The number of benzene rings is 3. The van der Waals surface area contributed by atoms with E-state index >= 15 is 0 Å². The minimum Gasteiger partial charge on any atom is -0.457 e. The van der Waals surface area contributed by atoms with E-state index in [1.807, 2.05) is 0 Å². The molecule has 0 unspecified atom stereocenters. The maximum Gasteiger partial charge on any atom is 0.269 e. The lowest BCUT2D eigenvalue weighted by Crippen LogP contribution is -2.11. The van der Waals surface area contributed by atoms with Crippen molar-refractivity contribution >= 4 is 28.9 Å². The summed E-state index contributed by atoms with van der Waals surface area (Å²) in [5.41, 5.74) is 0.846. The number of amides is 1. The summed E-state index contributed by atoms with van der Waals surface area (Å²) < 4.78 is 5.68. The fourth-order valence-corrected chi connectivity index (χ4v) is 2.31. The highest BCUT2D eigenvalue weighted by Crippen LogP contribution is 2.24. The normalized spacial score (nSPS) is 10.2. The summed E-state index contributed by atoms with van der Waals surface area (Å²) in [7, 11) is 0. The van der Waals surface area contributed by atoms with Gasteiger partial charge in [-0.25, -0.2) is 0 Å². The lowest BCUT2D eigenvalue weighted by molar-refractivity contribution is -0.384. The summed E-state index contributed by atoms with van der Waals surface area (Å²) in [6, 6.07) is 19.2. The van der Waals surface area contributed by atoms with Crippen molar-refractivity contribution in [3.8, 4) is 11.5 Å². The van der Waals surface area contributed by atoms with Crippen molar-refractivity contribution < 1.29 is 14.5 Å². The van der Waals surface area contributed by atoms with E-state index in [-0.39, 0.29) is 11.6 Å². The maximum atomic E-state index is 12.2. The van der Waals surface area contributed by atoms with Crippen LogP contribution in [0.5, 0.6) is 11.5 Å². The third-order valence-corrected chi connectivity index (χ3v) is 3.75. The molecule has 3 rings (SSSR count). The lowest BCUT2D eigenvalue weighted by atomic mass is 10.2. The van der Waals surface area contributed by atoms with Gasteiger partial charge in [0.1, 0.15) is 11.5 Å². The quantitative estimate of drug-likeness (QED) is 0.489. The summed E-state index contributed by atoms with van der Waals surface area (Å²) in [5.74, 6) is 0.906. The first kappa shape index (κ1) is 17.4. The van der Waals surface area contributed by atoms with Crippen LogP contribution in [0.3, 0.4) is 0 Å². The van der Waals surface area contributed by atoms with E-state index in [2.05, 4.69) is 5.32 Å². The number of non-ortho nitro benzene ring substituents is 1. The topological polar surface area (TPSA) is 81.5 Å². The van der Waals surface area contributed by atoms with Crippen LogP contribution in [0.1, 0.15) is 10.4 Å². The number of halogens is 1. The molecule has 0 aromatic heterocycles. The number of ether oxygens (including phenoxy) is 1. The number of carbonyl (C=O) groups is 1. The number of rotatable bonds is 5. The third kappa shape index (κ3) is 4.37. The van der Waals surface area contributed by atoms with Crippen molar-refractivity contribution in [2.24, 2.45) is 0 Å². The molecule has 0 fully saturated rings. The van der Waals surface area contributed by atoms with Crippen LogP contribution in [0, 0.1) is 10.1 Å². The Morgan fingerprint density at radius 2 is 1.42 bits per heavy atom. The number of nitro benzene ring substituents is 1. The number of anilines is 1. The predicted octanol–water partition coefficient (Wildman–Crippen LogP) is 5.29. The van der Waals surface area contributed by atoms with Crippen LogP contribution in [0.15, 0.2) is 72.8 Å². The Hall–Kier alpha value is -3.38. The molecule has 26 heavy (non-hydrogen) atoms. The molecule has 1 amide bonds. The zero-order valence-corrected chi connectivity index (χ0v) is 14.1. The van der Waals surface area contributed by atoms with Gasteiger partial charge in [0.2, 0.25) is 0 Å². The second kappa shape index (κ2) is 7.67. The van der Waals surface area contributed by atoms with Gasteiger partial charge >= 0.3 is 0 Å². The van der Waals surface area contributed by atoms with Crippen molar-refractivity contribution in [2.75, 3.05) is 5.32 Å². The molecule has 0 aliphatic heterocycles. The fraction of sp³-hybridized carbons (Fsp3) is 0. The molecule has 0 aliphatic carbocycles. The average Bonchev–Trinajstić information content (AvgIpc) is 2.65. The summed E-state index contributed by atoms with van der Waals surface area (Å²) in [4.78, 5) is 22.3. The summed E-state index contributed by atoms with van der Waals surface area (Å²) in [6.45, 7) is 0. The van der Waals surface area contributed by atoms with Crippen molar-refractivity contribution in [3.05, 3.63) is 93.5 Å². The highest BCUT2D eigenvalue weighted by molar-refractivity contribution is 6.30. The number of nitrogens with one attached hydrogen (secondary N) is 1. The van der Waals surface area contributed by atoms with Gasteiger partial charge in [-0.2, -0.15) is 0 Å². The highest BCUT2D eigenvalue weighted by Gasteiger charge is 2.10. The fourth-order valence-electron chi connectivity index (χ4n) is 2.18. The highest BCUT2D eigenvalue weighted by atomic mass is 35.5. The van der Waals surface area contributed by atoms with Gasteiger partial charge in [0.05, 0.1) is 4.92 Å². The first-order valence-corrected chi connectivity index (χ1v) is 7.98. The van der Waals surface area contributed by atoms with E-state index in [1.54, 1.807) is 48.5 Å². The van der Waals surface area contributed by atoms with Gasteiger partial charge in [0.25, 0.3) is 11.6 Å². The molecule has 0 saturated carbocycles. The Kier molecular flexibility index (Phi) is 5.15. The van der Waals surface area contributed by atoms with Gasteiger partial charge in [-0.05, 0) is 60.7 Å². The molecule has 130 valence electrons. The van der Waals surface area contributed by atoms with Crippen LogP contribution >= 0.6 is 11.6 Å². The van der Waals surface area contributed by atoms with E-state index in [1.165, 1.54) is 24.3 Å². The van der Waals surface area contributed by atoms with E-state index in [0.29, 0.717) is 27.8 Å². The second-order valence-corrected chi connectivity index (χ2v) is 5.77. The molecule has 0 bridgehead atoms. The molecule has 0 atom stereocenters. The molecule has 0 spiro atoms. The number of carbonyl (C=O) groups excluding carboxylic acids is 1. The summed E-state index contributed by atoms with van der Waals surface area (Å²) in [6.07, 6.45) is 0. The predicted molar refractivity (Wildman–Crippen MR) is 99.0 cm³/mol. The minimum atomic E-state index is -0.513. The van der Waals surface area contributed by atoms with Crippen molar-refractivity contribution in [3.63, 3.8) is 0 Å². The van der Waals surface area contributed by atoms with Crippen LogP contribution in [-0.4, -0.2) is 10.8 Å². The number of hydrogen-bond donors (Lipinski definition) is 1. The molecule has 3 aromatic rings. The molecule has 0 aliphatic rings. The average molecular weight is 369 g/mol. The van der Waals surface area contributed by atoms with Crippen molar-refractivity contribution in [1.29, 1.82) is 0 Å². The molecular formula is C19H13ClN2O4. The van der Waals surface area contributed by atoms with Gasteiger partial charge in [-0.3, -0.25) is 14.9 Å². The van der Waals surface area contributed by atoms with Gasteiger partial charge in [-0.15, -0.1) is 0 Å². The molecule has 7 heteroatoms. The zero-order chi connectivity index (χ0) is 18.5. The van der Waals surface area contributed by atoms with Crippen LogP contribution < -0.4 is 10.1 Å². The van der Waals surface area contributed by atoms with E-state index in [4.69, 9.17) is 16.3 Å². The minimum absolute atomic E-state index is 0.0646. The molecular weight excluding hydrogens is 356 g/mol. The number of hydrogen-bond acceptors (Lipinski definition) is 4. The van der Waals surface area contributed by atoms with Crippen LogP contribution in [0.4, 0.5) is 11.4 Å². The molecule has 0 radical (unpaired) electrons. The Morgan fingerprint density at radius 1 is 0.885 bits per heavy atom. The Labute approximate surface area is 154 Å². The molecule has 0 saturated heterocycles. The van der Waals surface area contributed by atoms with Crippen LogP contribution in [0.25, 0.3) is 0 Å². The second-order valence-electron chi connectivity index (χ2n) is 5.34. The van der Waals surface area contributed by atoms with E-state index in [0.717, 1.165) is 0 Å². The third-order valence-electron chi connectivity index (χ3n) is 3.50. The van der Waals surface area contributed by atoms with Crippen LogP contribution in [-0.2, 0) is 0 Å². The van der Waals surface area contributed by atoms with E-state index < -0.39 is 4.92 Å². The number of nitro groups is 1. The summed E-state index contributed by atoms with van der Waals surface area (Å²) in [5, 5.41) is 14.0. The Balaban J connectivity index is 1.64. The zero-order valence-electron chi connectivity index (χ0n) is 13.4. The van der Waals surface area contributed by atoms with Crippen molar-refractivity contribution in [2.45, 2.75) is 0 Å². The lowest BCUT2D eigenvalue weighted by Gasteiger charge is -2.08. The smallest absolute Gasteiger partial charge is 0.269 e. The van der Waals surface area contributed by atoms with Crippen molar-refractivity contribution in [1.82, 2.24) is 0 Å². The maximum absolute atomic E-state index is 12.2. The summed E-state index contributed by atoms with van der Waals surface area (Å²) >= 11 is 5.83. The molecule has 0 heterocycles. The molecule has 3 aromatic carbocycles. The molecule has 1 N–H and O–H groups in total. The largest absolute Gasteiger partial charge is 0.457 e. The Bertz CT molecular complexity index is 923. The first-order chi connectivity index (χ1) is 12.5. The Morgan fingerprint density at radius 3 is 1.96 bits per heavy atom. The SMILES string of the molecule is O=C(Nc1ccc(Oc2ccc(Cl)cc2)cc1)c1ccc([N+](=O)[O-])cc1. The monoisotopic (exact) mass is 368 g/mol. The van der Waals surface area contributed by atoms with Gasteiger partial charge < -0.3 is 10.1 Å². The first-order valence-electron chi connectivity index (χ1n) is 7.60. The van der Waals surface area contributed by atoms with E-state index in [9.17, 15) is 14.9 Å². The molecule has 6 nitrogen and oxygen atoms in total. The van der Waals surface area contributed by atoms with Gasteiger partial charge in [0, 0.05) is 28.4 Å².